The molecule has 0 atom stereocenters. The second-order valence-corrected chi connectivity index (χ2v) is 3.79. The Morgan fingerprint density at radius 2 is 2.00 bits per heavy atom. The Kier molecular flexibility index (Phi) is 2.99. The van der Waals surface area contributed by atoms with Crippen molar-refractivity contribution in [1.82, 2.24) is 0 Å². The van der Waals surface area contributed by atoms with E-state index in [1.54, 1.807) is 0 Å². The minimum atomic E-state index is -3.60. The minimum Gasteiger partial charge on any atom is -0.286 e. The molecule has 1 aromatic rings. The van der Waals surface area contributed by atoms with Gasteiger partial charge in [0.2, 0.25) is 5.78 Å². The molecule has 0 spiro atoms. The van der Waals surface area contributed by atoms with Crippen molar-refractivity contribution in [3.63, 3.8) is 0 Å². The molecule has 0 aliphatic rings. The third-order valence-electron chi connectivity index (χ3n) is 1.68. The molecule has 1 rings (SSSR count). The van der Waals surface area contributed by atoms with Crippen LogP contribution in [0, 0.1) is 12.7 Å². The standard InChI is InChI=1S/C9H6BrF3O/c1-5-4-6(2-3-7(5)11)8(14)9(10,12)13/h2-4H,1H3. The fourth-order valence-electron chi connectivity index (χ4n) is 0.950. The second kappa shape index (κ2) is 3.73. The first-order chi connectivity index (χ1) is 6.32. The lowest BCUT2D eigenvalue weighted by Gasteiger charge is -2.07. The third kappa shape index (κ3) is 2.35. The lowest BCUT2D eigenvalue weighted by Crippen LogP contribution is -2.20. The summed E-state index contributed by atoms with van der Waals surface area (Å²) in [5.41, 5.74) is -0.0571. The van der Waals surface area contributed by atoms with Crippen LogP contribution in [0.25, 0.3) is 0 Å². The van der Waals surface area contributed by atoms with Crippen molar-refractivity contribution < 1.29 is 18.0 Å². The van der Waals surface area contributed by atoms with E-state index >= 15 is 0 Å². The van der Waals surface area contributed by atoms with Crippen molar-refractivity contribution in [2.24, 2.45) is 0 Å². The summed E-state index contributed by atoms with van der Waals surface area (Å²) in [5, 5.41) is 0. The summed E-state index contributed by atoms with van der Waals surface area (Å²) >= 11 is 1.95. The summed E-state index contributed by atoms with van der Waals surface area (Å²) in [4.78, 5) is 7.41. The predicted octanol–water partition coefficient (Wildman–Crippen LogP) is 3.30. The minimum absolute atomic E-state index is 0.160. The highest BCUT2D eigenvalue weighted by molar-refractivity contribution is 9.10. The molecule has 14 heavy (non-hydrogen) atoms. The monoisotopic (exact) mass is 266 g/mol. The normalized spacial score (nSPS) is 11.5. The number of Topliss-reactive ketones (excluding diaryl/α,β-unsaturated/α-hetero) is 1. The van der Waals surface area contributed by atoms with E-state index in [9.17, 15) is 18.0 Å². The SMILES string of the molecule is Cc1cc(C(=O)C(F)(F)Br)ccc1F. The maximum absolute atomic E-state index is 12.7. The summed E-state index contributed by atoms with van der Waals surface area (Å²) in [6.45, 7) is 1.40. The van der Waals surface area contributed by atoms with Gasteiger partial charge in [0.15, 0.2) is 0 Å². The number of rotatable bonds is 2. The number of hydrogen-bond donors (Lipinski definition) is 0. The highest BCUT2D eigenvalue weighted by atomic mass is 79.9. The van der Waals surface area contributed by atoms with E-state index in [1.807, 2.05) is 15.9 Å². The molecule has 0 saturated carbocycles. The average molecular weight is 267 g/mol. The molecule has 0 radical (unpaired) electrons. The Bertz CT molecular complexity index is 371. The van der Waals surface area contributed by atoms with Gasteiger partial charge in [0.05, 0.1) is 0 Å². The first-order valence-corrected chi connectivity index (χ1v) is 4.49. The maximum Gasteiger partial charge on any atom is 0.363 e. The molecule has 0 N–H and O–H groups in total. The lowest BCUT2D eigenvalue weighted by atomic mass is 10.1. The molecule has 0 unspecified atom stereocenters. The van der Waals surface area contributed by atoms with Crippen LogP contribution >= 0.6 is 15.9 Å². The van der Waals surface area contributed by atoms with E-state index in [4.69, 9.17) is 0 Å². The van der Waals surface area contributed by atoms with Gasteiger partial charge in [0, 0.05) is 5.56 Å². The van der Waals surface area contributed by atoms with Gasteiger partial charge < -0.3 is 0 Å². The summed E-state index contributed by atoms with van der Waals surface area (Å²) in [6.07, 6.45) is 0. The van der Waals surface area contributed by atoms with E-state index in [0.29, 0.717) is 0 Å². The molecule has 5 heteroatoms. The first-order valence-electron chi connectivity index (χ1n) is 3.70. The lowest BCUT2D eigenvalue weighted by molar-refractivity contribution is 0.0592. The number of aryl methyl sites for hydroxylation is 1. The molecule has 0 aromatic heterocycles. The number of carbonyl (C=O) groups is 1. The molecular weight excluding hydrogens is 261 g/mol. The van der Waals surface area contributed by atoms with Crippen LogP contribution in [0.2, 0.25) is 0 Å². The van der Waals surface area contributed by atoms with Crippen LogP contribution in [0.1, 0.15) is 15.9 Å². The Morgan fingerprint density at radius 1 is 1.43 bits per heavy atom. The molecule has 0 fully saturated rings. The molecule has 1 aromatic carbocycles. The number of ketones is 1. The Morgan fingerprint density at radius 3 is 2.43 bits per heavy atom. The fraction of sp³-hybridized carbons (Fsp3) is 0.222. The fourth-order valence-corrected chi connectivity index (χ4v) is 1.18. The van der Waals surface area contributed by atoms with Gasteiger partial charge >= 0.3 is 4.83 Å². The van der Waals surface area contributed by atoms with Crippen molar-refractivity contribution >= 4 is 21.7 Å². The number of carbonyl (C=O) groups excluding carboxylic acids is 1. The highest BCUT2D eigenvalue weighted by Crippen LogP contribution is 2.27. The van der Waals surface area contributed by atoms with Gasteiger partial charge in [0.25, 0.3) is 0 Å². The molecule has 0 bridgehead atoms. The van der Waals surface area contributed by atoms with Crippen molar-refractivity contribution in [2.45, 2.75) is 11.8 Å². The van der Waals surface area contributed by atoms with Gasteiger partial charge in [-0.25, -0.2) is 4.39 Å². The highest BCUT2D eigenvalue weighted by Gasteiger charge is 2.35. The van der Waals surface area contributed by atoms with Crippen LogP contribution in [0.5, 0.6) is 0 Å². The first kappa shape index (κ1) is 11.2. The molecule has 76 valence electrons. The molecule has 0 aliphatic heterocycles. The Labute approximate surface area is 87.1 Å². The van der Waals surface area contributed by atoms with Gasteiger partial charge in [0.1, 0.15) is 5.82 Å². The van der Waals surface area contributed by atoms with Crippen LogP contribution < -0.4 is 0 Å². The number of hydrogen-bond acceptors (Lipinski definition) is 1. The van der Waals surface area contributed by atoms with Crippen LogP contribution in [0.3, 0.4) is 0 Å². The molecule has 0 heterocycles. The molecule has 1 nitrogen and oxygen atoms in total. The Hall–Kier alpha value is -0.840. The van der Waals surface area contributed by atoms with Crippen LogP contribution in [-0.4, -0.2) is 10.6 Å². The van der Waals surface area contributed by atoms with Crippen molar-refractivity contribution in [3.8, 4) is 0 Å². The smallest absolute Gasteiger partial charge is 0.286 e. The van der Waals surface area contributed by atoms with Crippen LogP contribution in [0.15, 0.2) is 18.2 Å². The van der Waals surface area contributed by atoms with Crippen molar-refractivity contribution in [3.05, 3.63) is 35.1 Å². The average Bonchev–Trinajstić information content (AvgIpc) is 2.07. The topological polar surface area (TPSA) is 17.1 Å². The quantitative estimate of drug-likeness (QED) is 0.593. The summed E-state index contributed by atoms with van der Waals surface area (Å²) in [5.74, 6) is -1.90. The molecule has 0 amide bonds. The van der Waals surface area contributed by atoms with E-state index < -0.39 is 16.4 Å². The zero-order valence-electron chi connectivity index (χ0n) is 7.15. The molecule has 0 aliphatic carbocycles. The third-order valence-corrected chi connectivity index (χ3v) is 2.04. The summed E-state index contributed by atoms with van der Waals surface area (Å²) < 4.78 is 37.8. The number of halogens is 4. The van der Waals surface area contributed by atoms with Crippen molar-refractivity contribution in [1.29, 1.82) is 0 Å². The van der Waals surface area contributed by atoms with E-state index in [0.717, 1.165) is 18.2 Å². The van der Waals surface area contributed by atoms with Gasteiger partial charge in [-0.1, -0.05) is 0 Å². The van der Waals surface area contributed by atoms with E-state index in [-0.39, 0.29) is 11.1 Å². The summed E-state index contributed by atoms with van der Waals surface area (Å²) in [7, 11) is 0. The number of alkyl halides is 3. The van der Waals surface area contributed by atoms with E-state index in [2.05, 4.69) is 0 Å². The van der Waals surface area contributed by atoms with Gasteiger partial charge in [-0.2, -0.15) is 8.78 Å². The van der Waals surface area contributed by atoms with Gasteiger partial charge in [-0.15, -0.1) is 0 Å². The molecular formula is C9H6BrF3O. The van der Waals surface area contributed by atoms with Gasteiger partial charge in [-0.05, 0) is 46.6 Å². The molecule has 0 saturated heterocycles. The predicted molar refractivity (Wildman–Crippen MR) is 49.3 cm³/mol. The zero-order chi connectivity index (χ0) is 10.9. The van der Waals surface area contributed by atoms with Crippen LogP contribution in [0.4, 0.5) is 13.2 Å². The van der Waals surface area contributed by atoms with E-state index in [1.165, 1.54) is 6.92 Å². The zero-order valence-corrected chi connectivity index (χ0v) is 8.74. The van der Waals surface area contributed by atoms with Gasteiger partial charge in [-0.3, -0.25) is 4.79 Å². The van der Waals surface area contributed by atoms with Crippen molar-refractivity contribution in [2.75, 3.05) is 0 Å². The second-order valence-electron chi connectivity index (χ2n) is 2.79. The largest absolute Gasteiger partial charge is 0.363 e. The van der Waals surface area contributed by atoms with Crippen LogP contribution in [-0.2, 0) is 0 Å². The number of benzene rings is 1. The Balaban J connectivity index is 3.10. The summed E-state index contributed by atoms with van der Waals surface area (Å²) in [6, 6.07) is 3.11. The maximum atomic E-state index is 12.7.